The molecule has 1 heterocycles. The van der Waals surface area contributed by atoms with Crippen LogP contribution in [0.2, 0.25) is 0 Å². The zero-order valence-corrected chi connectivity index (χ0v) is 11.3. The number of rotatable bonds is 2. The third-order valence-electron chi connectivity index (χ3n) is 3.75. The van der Waals surface area contributed by atoms with Gasteiger partial charge in [0.2, 0.25) is 0 Å². The van der Waals surface area contributed by atoms with Crippen molar-refractivity contribution in [3.63, 3.8) is 0 Å². The molecule has 3 heteroatoms. The van der Waals surface area contributed by atoms with E-state index in [0.717, 1.165) is 29.3 Å². The lowest BCUT2D eigenvalue weighted by Crippen LogP contribution is -2.11. The Balaban J connectivity index is 1.97. The first kappa shape index (κ1) is 11.7. The fourth-order valence-electron chi connectivity index (χ4n) is 2.56. The smallest absolute Gasteiger partial charge is 0.127 e. The second-order valence-corrected chi connectivity index (χ2v) is 6.01. The maximum absolute atomic E-state index is 9.89. The van der Waals surface area contributed by atoms with Crippen LogP contribution < -0.4 is 0 Å². The predicted molar refractivity (Wildman–Crippen MR) is 75.0 cm³/mol. The van der Waals surface area contributed by atoms with Gasteiger partial charge in [-0.25, -0.2) is 4.98 Å². The van der Waals surface area contributed by atoms with Crippen LogP contribution in [0.15, 0.2) is 24.3 Å². The summed E-state index contributed by atoms with van der Waals surface area (Å²) in [5.41, 5.74) is 2.12. The number of benzene rings is 1. The van der Waals surface area contributed by atoms with Crippen molar-refractivity contribution in [2.45, 2.75) is 32.6 Å². The highest BCUT2D eigenvalue weighted by Gasteiger charge is 2.22. The Labute approximate surface area is 111 Å². The Hall–Kier alpha value is -1.35. The molecule has 0 bridgehead atoms. The number of phenols is 1. The molecule has 94 valence electrons. The third kappa shape index (κ3) is 2.03. The van der Waals surface area contributed by atoms with E-state index < -0.39 is 0 Å². The lowest BCUT2D eigenvalue weighted by Gasteiger charge is -2.18. The molecule has 1 aliphatic carbocycles. The van der Waals surface area contributed by atoms with Crippen LogP contribution in [-0.4, -0.2) is 10.1 Å². The molecule has 2 nitrogen and oxygen atoms in total. The van der Waals surface area contributed by atoms with Crippen LogP contribution in [-0.2, 0) is 12.8 Å². The first-order chi connectivity index (χ1) is 8.78. The van der Waals surface area contributed by atoms with E-state index >= 15 is 0 Å². The van der Waals surface area contributed by atoms with Gasteiger partial charge in [0.25, 0.3) is 0 Å². The van der Waals surface area contributed by atoms with E-state index in [4.69, 9.17) is 4.98 Å². The number of hydrogen-bond donors (Lipinski definition) is 1. The van der Waals surface area contributed by atoms with Gasteiger partial charge < -0.3 is 5.11 Å². The zero-order valence-electron chi connectivity index (χ0n) is 10.5. The van der Waals surface area contributed by atoms with Crippen LogP contribution >= 0.6 is 11.3 Å². The molecule has 1 unspecified atom stereocenters. The summed E-state index contributed by atoms with van der Waals surface area (Å²) in [5, 5.41) is 10.9. The average molecular weight is 259 g/mol. The minimum atomic E-state index is 0.329. The number of para-hydroxylation sites is 1. The average Bonchev–Trinajstić information content (AvgIpc) is 2.81. The van der Waals surface area contributed by atoms with E-state index in [9.17, 15) is 5.11 Å². The lowest BCUT2D eigenvalue weighted by atomic mass is 9.89. The van der Waals surface area contributed by atoms with Gasteiger partial charge in [-0.05, 0) is 37.3 Å². The minimum Gasteiger partial charge on any atom is -0.507 e. The van der Waals surface area contributed by atoms with Crippen molar-refractivity contribution in [2.75, 3.05) is 0 Å². The van der Waals surface area contributed by atoms with Gasteiger partial charge in [0.1, 0.15) is 10.8 Å². The highest BCUT2D eigenvalue weighted by molar-refractivity contribution is 7.15. The molecular weight excluding hydrogens is 242 g/mol. The van der Waals surface area contributed by atoms with Crippen molar-refractivity contribution in [2.24, 2.45) is 5.92 Å². The molecule has 0 saturated heterocycles. The van der Waals surface area contributed by atoms with Crippen molar-refractivity contribution >= 4 is 11.3 Å². The van der Waals surface area contributed by atoms with E-state index in [-0.39, 0.29) is 0 Å². The Kier molecular flexibility index (Phi) is 3.08. The van der Waals surface area contributed by atoms with Crippen molar-refractivity contribution in [1.29, 1.82) is 0 Å². The minimum absolute atomic E-state index is 0.329. The standard InChI is InChI=1S/C15H17NOS/c1-2-10-7-8-12-14(9-10)18-15(16-12)11-5-3-4-6-13(11)17/h3-6,10,17H,2,7-9H2,1H3. The fourth-order valence-corrected chi connectivity index (χ4v) is 3.82. The SMILES string of the molecule is CCC1CCc2nc(-c3ccccc3O)sc2C1. The van der Waals surface area contributed by atoms with Crippen LogP contribution in [0, 0.1) is 5.92 Å². The number of aromatic hydroxyl groups is 1. The largest absolute Gasteiger partial charge is 0.507 e. The Bertz CT molecular complexity index is 561. The van der Waals surface area contributed by atoms with Crippen molar-refractivity contribution < 1.29 is 5.11 Å². The number of nitrogens with zero attached hydrogens (tertiary/aromatic N) is 1. The zero-order chi connectivity index (χ0) is 12.5. The van der Waals surface area contributed by atoms with Gasteiger partial charge >= 0.3 is 0 Å². The van der Waals surface area contributed by atoms with E-state index in [1.165, 1.54) is 23.4 Å². The van der Waals surface area contributed by atoms with Gasteiger partial charge in [-0.1, -0.05) is 25.5 Å². The molecule has 1 aromatic carbocycles. The van der Waals surface area contributed by atoms with Crippen molar-refractivity contribution in [3.05, 3.63) is 34.8 Å². The van der Waals surface area contributed by atoms with Crippen LogP contribution in [0.4, 0.5) is 0 Å². The van der Waals surface area contributed by atoms with Crippen molar-refractivity contribution in [3.8, 4) is 16.3 Å². The van der Waals surface area contributed by atoms with Crippen molar-refractivity contribution in [1.82, 2.24) is 4.98 Å². The molecule has 0 amide bonds. The highest BCUT2D eigenvalue weighted by Crippen LogP contribution is 2.38. The van der Waals surface area contributed by atoms with Gasteiger partial charge in [-0.2, -0.15) is 0 Å². The number of thiazole rings is 1. The molecule has 18 heavy (non-hydrogen) atoms. The van der Waals surface area contributed by atoms with Gasteiger partial charge in [0, 0.05) is 4.88 Å². The number of aromatic nitrogens is 1. The maximum atomic E-state index is 9.89. The Morgan fingerprint density at radius 2 is 2.22 bits per heavy atom. The second-order valence-electron chi connectivity index (χ2n) is 4.92. The molecule has 0 spiro atoms. The summed E-state index contributed by atoms with van der Waals surface area (Å²) in [6.07, 6.45) is 4.77. The molecule has 1 aliphatic rings. The fraction of sp³-hybridized carbons (Fsp3) is 0.400. The summed E-state index contributed by atoms with van der Waals surface area (Å²) in [6, 6.07) is 7.46. The Morgan fingerprint density at radius 1 is 1.39 bits per heavy atom. The van der Waals surface area contributed by atoms with Gasteiger partial charge in [-0.3, -0.25) is 0 Å². The molecule has 3 rings (SSSR count). The van der Waals surface area contributed by atoms with E-state index in [1.54, 1.807) is 17.4 Å². The third-order valence-corrected chi connectivity index (χ3v) is 4.91. The quantitative estimate of drug-likeness (QED) is 0.883. The number of aryl methyl sites for hydroxylation is 1. The van der Waals surface area contributed by atoms with E-state index in [0.29, 0.717) is 5.75 Å². The lowest BCUT2D eigenvalue weighted by molar-refractivity contribution is 0.446. The van der Waals surface area contributed by atoms with E-state index in [1.807, 2.05) is 18.2 Å². The summed E-state index contributed by atoms with van der Waals surface area (Å²) in [7, 11) is 0. The second kappa shape index (κ2) is 4.73. The van der Waals surface area contributed by atoms with Gasteiger partial charge in [-0.15, -0.1) is 11.3 Å². The monoisotopic (exact) mass is 259 g/mol. The van der Waals surface area contributed by atoms with Crippen LogP contribution in [0.3, 0.4) is 0 Å². The number of fused-ring (bicyclic) bond motifs is 1. The molecule has 1 aromatic heterocycles. The number of hydrogen-bond acceptors (Lipinski definition) is 3. The molecule has 1 N–H and O–H groups in total. The molecule has 0 saturated carbocycles. The number of phenolic OH excluding ortho intramolecular Hbond substituents is 1. The summed E-state index contributed by atoms with van der Waals surface area (Å²) >= 11 is 1.75. The summed E-state index contributed by atoms with van der Waals surface area (Å²) in [6.45, 7) is 2.26. The highest BCUT2D eigenvalue weighted by atomic mass is 32.1. The predicted octanol–water partition coefficient (Wildman–Crippen LogP) is 4.03. The molecular formula is C15H17NOS. The van der Waals surface area contributed by atoms with Crippen LogP contribution in [0.5, 0.6) is 5.75 Å². The molecule has 0 radical (unpaired) electrons. The molecule has 0 fully saturated rings. The normalized spacial score (nSPS) is 18.6. The van der Waals surface area contributed by atoms with Crippen LogP contribution in [0.1, 0.15) is 30.3 Å². The summed E-state index contributed by atoms with van der Waals surface area (Å²) < 4.78 is 0. The Morgan fingerprint density at radius 3 is 3.00 bits per heavy atom. The first-order valence-corrected chi connectivity index (χ1v) is 7.36. The van der Waals surface area contributed by atoms with E-state index in [2.05, 4.69) is 6.92 Å². The van der Waals surface area contributed by atoms with Gasteiger partial charge in [0.05, 0.1) is 11.3 Å². The molecule has 2 aromatic rings. The molecule has 0 aliphatic heterocycles. The summed E-state index contributed by atoms with van der Waals surface area (Å²) in [5.74, 6) is 1.14. The van der Waals surface area contributed by atoms with Gasteiger partial charge in [0.15, 0.2) is 0 Å². The first-order valence-electron chi connectivity index (χ1n) is 6.55. The topological polar surface area (TPSA) is 33.1 Å². The van der Waals surface area contributed by atoms with Crippen LogP contribution in [0.25, 0.3) is 10.6 Å². The molecule has 1 atom stereocenters. The maximum Gasteiger partial charge on any atom is 0.127 e. The summed E-state index contributed by atoms with van der Waals surface area (Å²) in [4.78, 5) is 6.13.